The highest BCUT2D eigenvalue weighted by molar-refractivity contribution is 5.77. The Morgan fingerprint density at radius 3 is 2.43 bits per heavy atom. The number of ether oxygens (including phenoxy) is 2. The van der Waals surface area contributed by atoms with Crippen molar-refractivity contribution in [3.63, 3.8) is 0 Å². The smallest absolute Gasteiger partial charge is 0.132 e. The first kappa shape index (κ1) is 13.6. The van der Waals surface area contributed by atoms with Crippen LogP contribution in [-0.2, 0) is 14.3 Å². The SMILES string of the molecule is COCCOCC(C)CC(C)C(C)=O. The number of methoxy groups -OCH3 is 1. The third-order valence-corrected chi connectivity index (χ3v) is 2.28. The summed E-state index contributed by atoms with van der Waals surface area (Å²) in [5.74, 6) is 0.843. The van der Waals surface area contributed by atoms with Crippen LogP contribution in [0.5, 0.6) is 0 Å². The normalized spacial score (nSPS) is 15.1. The molecule has 0 saturated carbocycles. The molecule has 0 aromatic carbocycles. The molecule has 3 nitrogen and oxygen atoms in total. The molecule has 0 N–H and O–H groups in total. The molecule has 14 heavy (non-hydrogen) atoms. The summed E-state index contributed by atoms with van der Waals surface area (Å²) < 4.78 is 10.2. The summed E-state index contributed by atoms with van der Waals surface area (Å²) in [7, 11) is 1.66. The van der Waals surface area contributed by atoms with E-state index in [0.717, 1.165) is 6.42 Å². The van der Waals surface area contributed by atoms with Crippen molar-refractivity contribution in [1.82, 2.24) is 0 Å². The molecule has 0 spiro atoms. The predicted octanol–water partition coefficient (Wildman–Crippen LogP) is 1.90. The average Bonchev–Trinajstić information content (AvgIpc) is 2.12. The second-order valence-electron chi connectivity index (χ2n) is 3.92. The van der Waals surface area contributed by atoms with E-state index in [2.05, 4.69) is 6.92 Å². The summed E-state index contributed by atoms with van der Waals surface area (Å²) in [5.41, 5.74) is 0. The van der Waals surface area contributed by atoms with Gasteiger partial charge in [-0.3, -0.25) is 4.79 Å². The van der Waals surface area contributed by atoms with Gasteiger partial charge >= 0.3 is 0 Å². The van der Waals surface area contributed by atoms with Crippen molar-refractivity contribution in [3.05, 3.63) is 0 Å². The first-order chi connectivity index (χ1) is 6.57. The second kappa shape index (κ2) is 7.94. The number of hydrogen-bond donors (Lipinski definition) is 0. The molecule has 3 heteroatoms. The van der Waals surface area contributed by atoms with Crippen LogP contribution in [0.2, 0.25) is 0 Å². The summed E-state index contributed by atoms with van der Waals surface area (Å²) in [4.78, 5) is 11.0. The van der Waals surface area contributed by atoms with Crippen molar-refractivity contribution < 1.29 is 14.3 Å². The van der Waals surface area contributed by atoms with Gasteiger partial charge in [0.15, 0.2) is 0 Å². The Labute approximate surface area is 86.8 Å². The molecule has 0 fully saturated rings. The van der Waals surface area contributed by atoms with Crippen molar-refractivity contribution in [1.29, 1.82) is 0 Å². The maximum Gasteiger partial charge on any atom is 0.132 e. The van der Waals surface area contributed by atoms with Crippen LogP contribution in [0.4, 0.5) is 0 Å². The van der Waals surface area contributed by atoms with Crippen LogP contribution < -0.4 is 0 Å². The number of rotatable bonds is 8. The van der Waals surface area contributed by atoms with E-state index in [9.17, 15) is 4.79 Å². The minimum atomic E-state index is 0.149. The molecule has 2 atom stereocenters. The molecule has 0 aliphatic heterocycles. The van der Waals surface area contributed by atoms with Crippen LogP contribution in [0, 0.1) is 11.8 Å². The maximum atomic E-state index is 11.0. The Morgan fingerprint density at radius 2 is 1.93 bits per heavy atom. The zero-order valence-electron chi connectivity index (χ0n) is 9.71. The summed E-state index contributed by atoms with van der Waals surface area (Å²) >= 11 is 0. The van der Waals surface area contributed by atoms with Gasteiger partial charge in [-0.1, -0.05) is 13.8 Å². The van der Waals surface area contributed by atoms with Crippen LogP contribution in [-0.4, -0.2) is 32.7 Å². The van der Waals surface area contributed by atoms with Gasteiger partial charge in [0.1, 0.15) is 5.78 Å². The van der Waals surface area contributed by atoms with Gasteiger partial charge in [-0.2, -0.15) is 0 Å². The van der Waals surface area contributed by atoms with Gasteiger partial charge in [0.25, 0.3) is 0 Å². The summed E-state index contributed by atoms with van der Waals surface area (Å²) in [6.45, 7) is 7.69. The molecule has 0 aliphatic rings. The molecular formula is C11H22O3. The molecule has 0 radical (unpaired) electrons. The van der Waals surface area contributed by atoms with E-state index < -0.39 is 0 Å². The number of Topliss-reactive ketones (excluding diaryl/α,β-unsaturated/α-hetero) is 1. The molecule has 0 aliphatic carbocycles. The van der Waals surface area contributed by atoms with Gasteiger partial charge in [0.05, 0.1) is 13.2 Å². The Kier molecular flexibility index (Phi) is 7.71. The van der Waals surface area contributed by atoms with E-state index in [0.29, 0.717) is 25.7 Å². The minimum Gasteiger partial charge on any atom is -0.382 e. The van der Waals surface area contributed by atoms with Gasteiger partial charge in [-0.05, 0) is 19.3 Å². The number of hydrogen-bond acceptors (Lipinski definition) is 3. The Bertz CT molecular complexity index is 157. The third-order valence-electron chi connectivity index (χ3n) is 2.28. The predicted molar refractivity (Wildman–Crippen MR) is 56.3 cm³/mol. The van der Waals surface area contributed by atoms with Crippen LogP contribution in [0.25, 0.3) is 0 Å². The molecule has 0 amide bonds. The maximum absolute atomic E-state index is 11.0. The fourth-order valence-corrected chi connectivity index (χ4v) is 1.26. The first-order valence-electron chi connectivity index (χ1n) is 5.15. The van der Waals surface area contributed by atoms with E-state index in [4.69, 9.17) is 9.47 Å². The molecule has 0 heterocycles. The highest BCUT2D eigenvalue weighted by Crippen LogP contribution is 2.12. The summed E-state index contributed by atoms with van der Waals surface area (Å²) in [5, 5.41) is 0. The largest absolute Gasteiger partial charge is 0.382 e. The fourth-order valence-electron chi connectivity index (χ4n) is 1.26. The molecule has 0 aromatic heterocycles. The van der Waals surface area contributed by atoms with E-state index in [1.54, 1.807) is 14.0 Å². The van der Waals surface area contributed by atoms with Crippen LogP contribution >= 0.6 is 0 Å². The Morgan fingerprint density at radius 1 is 1.29 bits per heavy atom. The van der Waals surface area contributed by atoms with Gasteiger partial charge in [-0.15, -0.1) is 0 Å². The molecule has 84 valence electrons. The highest BCUT2D eigenvalue weighted by Gasteiger charge is 2.12. The van der Waals surface area contributed by atoms with Crippen molar-refractivity contribution in [2.75, 3.05) is 26.9 Å². The monoisotopic (exact) mass is 202 g/mol. The van der Waals surface area contributed by atoms with Gasteiger partial charge in [0, 0.05) is 19.6 Å². The Balaban J connectivity index is 3.45. The number of carbonyl (C=O) groups excluding carboxylic acids is 1. The van der Waals surface area contributed by atoms with E-state index in [-0.39, 0.29) is 11.7 Å². The van der Waals surface area contributed by atoms with Crippen molar-refractivity contribution in [2.45, 2.75) is 27.2 Å². The van der Waals surface area contributed by atoms with Crippen LogP contribution in [0.1, 0.15) is 27.2 Å². The van der Waals surface area contributed by atoms with Crippen molar-refractivity contribution >= 4 is 5.78 Å². The lowest BCUT2D eigenvalue weighted by Gasteiger charge is -2.15. The zero-order valence-corrected chi connectivity index (χ0v) is 9.71. The lowest BCUT2D eigenvalue weighted by atomic mass is 9.95. The van der Waals surface area contributed by atoms with Crippen LogP contribution in [0.15, 0.2) is 0 Å². The second-order valence-corrected chi connectivity index (χ2v) is 3.92. The fraction of sp³-hybridized carbons (Fsp3) is 0.909. The van der Waals surface area contributed by atoms with Crippen LogP contribution in [0.3, 0.4) is 0 Å². The van der Waals surface area contributed by atoms with Gasteiger partial charge in [0.2, 0.25) is 0 Å². The molecule has 2 unspecified atom stereocenters. The van der Waals surface area contributed by atoms with Gasteiger partial charge in [-0.25, -0.2) is 0 Å². The molecule has 0 aromatic rings. The van der Waals surface area contributed by atoms with Crippen molar-refractivity contribution in [3.8, 4) is 0 Å². The summed E-state index contributed by atoms with van der Waals surface area (Å²) in [6, 6.07) is 0. The average molecular weight is 202 g/mol. The van der Waals surface area contributed by atoms with Crippen molar-refractivity contribution in [2.24, 2.45) is 11.8 Å². The number of ketones is 1. The lowest BCUT2D eigenvalue weighted by Crippen LogP contribution is -2.16. The third kappa shape index (κ3) is 7.04. The topological polar surface area (TPSA) is 35.5 Å². The minimum absolute atomic E-state index is 0.149. The van der Waals surface area contributed by atoms with Gasteiger partial charge < -0.3 is 9.47 Å². The first-order valence-corrected chi connectivity index (χ1v) is 5.15. The zero-order chi connectivity index (χ0) is 11.0. The van der Waals surface area contributed by atoms with E-state index in [1.807, 2.05) is 6.92 Å². The molecular weight excluding hydrogens is 180 g/mol. The number of carbonyl (C=O) groups is 1. The van der Waals surface area contributed by atoms with E-state index >= 15 is 0 Å². The molecule has 0 saturated heterocycles. The lowest BCUT2D eigenvalue weighted by molar-refractivity contribution is -0.120. The molecule has 0 rings (SSSR count). The summed E-state index contributed by atoms with van der Waals surface area (Å²) in [6.07, 6.45) is 0.905. The van der Waals surface area contributed by atoms with E-state index in [1.165, 1.54) is 0 Å². The molecule has 0 bridgehead atoms. The Hall–Kier alpha value is -0.410. The standard InChI is InChI=1S/C11H22O3/c1-9(7-10(2)11(3)12)8-14-6-5-13-4/h9-10H,5-8H2,1-4H3. The quantitative estimate of drug-likeness (QED) is 0.564. The highest BCUT2D eigenvalue weighted by atomic mass is 16.5.